The Labute approximate surface area is 254 Å². The van der Waals surface area contributed by atoms with Gasteiger partial charge in [0.25, 0.3) is 0 Å². The number of imidazole rings is 1. The van der Waals surface area contributed by atoms with Crippen molar-refractivity contribution in [2.45, 2.75) is 70.6 Å². The minimum atomic E-state index is -0.814. The van der Waals surface area contributed by atoms with Crippen molar-refractivity contribution in [2.24, 2.45) is 5.92 Å². The molecule has 232 valence electrons. The first-order valence-corrected chi connectivity index (χ1v) is 15.4. The van der Waals surface area contributed by atoms with Gasteiger partial charge in [-0.25, -0.2) is 4.98 Å². The summed E-state index contributed by atoms with van der Waals surface area (Å²) in [7, 11) is 2.11. The van der Waals surface area contributed by atoms with E-state index in [0.29, 0.717) is 19.3 Å². The summed E-state index contributed by atoms with van der Waals surface area (Å²) in [5.41, 5.74) is 4.22. The van der Waals surface area contributed by atoms with Gasteiger partial charge in [-0.2, -0.15) is 0 Å². The number of nitrogens with zero attached hydrogens (tertiary/aromatic N) is 3. The van der Waals surface area contributed by atoms with Crippen molar-refractivity contribution >= 4 is 29.1 Å². The molecule has 2 aromatic carbocycles. The average molecular weight is 591 g/mol. The Morgan fingerprint density at radius 1 is 1.14 bits per heavy atom. The van der Waals surface area contributed by atoms with Crippen LogP contribution in [0.5, 0.6) is 0 Å². The van der Waals surface area contributed by atoms with Crippen molar-refractivity contribution < 1.29 is 19.5 Å². The first-order chi connectivity index (χ1) is 20.7. The fourth-order valence-electron chi connectivity index (χ4n) is 5.89. The van der Waals surface area contributed by atoms with Crippen molar-refractivity contribution in [3.05, 3.63) is 54.4 Å². The number of H-pyrrole nitrogens is 1. The zero-order valence-electron chi connectivity index (χ0n) is 25.8. The molecule has 1 fully saturated rings. The van der Waals surface area contributed by atoms with Crippen LogP contribution in [0.25, 0.3) is 22.2 Å². The molecule has 10 nitrogen and oxygen atoms in total. The van der Waals surface area contributed by atoms with E-state index in [-0.39, 0.29) is 49.5 Å². The van der Waals surface area contributed by atoms with Gasteiger partial charge in [-0.1, -0.05) is 56.3 Å². The number of aromatic amines is 1. The molecule has 0 aliphatic carbocycles. The van der Waals surface area contributed by atoms with Gasteiger partial charge in [-0.3, -0.25) is 14.5 Å². The van der Waals surface area contributed by atoms with Crippen LogP contribution in [0.3, 0.4) is 0 Å². The molecule has 10 heteroatoms. The minimum absolute atomic E-state index is 0.0227. The molecule has 1 aromatic heterocycles. The summed E-state index contributed by atoms with van der Waals surface area (Å²) in [5, 5.41) is 14.6. The highest BCUT2D eigenvalue weighted by Crippen LogP contribution is 2.37. The first kappa shape index (κ1) is 32.3. The Morgan fingerprint density at radius 3 is 2.60 bits per heavy atom. The van der Waals surface area contributed by atoms with Gasteiger partial charge in [-0.05, 0) is 50.8 Å². The highest BCUT2D eigenvalue weighted by atomic mass is 16.3. The monoisotopic (exact) mass is 590 g/mol. The van der Waals surface area contributed by atoms with E-state index in [2.05, 4.69) is 57.9 Å². The number of aliphatic hydroxyl groups excluding tert-OH is 1. The number of hydrogen-bond acceptors (Lipinski definition) is 7. The van der Waals surface area contributed by atoms with Gasteiger partial charge in [0.1, 0.15) is 18.2 Å². The van der Waals surface area contributed by atoms with E-state index in [1.165, 1.54) is 0 Å². The number of aliphatic hydroxyl groups is 1. The van der Waals surface area contributed by atoms with Crippen LogP contribution in [-0.4, -0.2) is 94.4 Å². The molecule has 4 N–H and O–H groups in total. The molecular weight excluding hydrogens is 544 g/mol. The average Bonchev–Trinajstić information content (AvgIpc) is 3.60. The number of amides is 2. The maximum absolute atomic E-state index is 13.2. The van der Waals surface area contributed by atoms with Crippen molar-refractivity contribution in [2.75, 3.05) is 33.3 Å². The minimum Gasteiger partial charge on any atom is -0.395 e. The lowest BCUT2D eigenvalue weighted by atomic mass is 10.0. The molecular formula is C33H46N6O4. The first-order valence-electron chi connectivity index (χ1n) is 15.4. The van der Waals surface area contributed by atoms with Crippen molar-refractivity contribution in [1.29, 1.82) is 0 Å². The van der Waals surface area contributed by atoms with E-state index < -0.39 is 12.1 Å². The summed E-state index contributed by atoms with van der Waals surface area (Å²) in [6.45, 7) is 6.46. The Bertz CT molecular complexity index is 1360. The summed E-state index contributed by atoms with van der Waals surface area (Å²) in [5.74, 6) is 0.755. The van der Waals surface area contributed by atoms with E-state index >= 15 is 0 Å². The molecule has 0 spiro atoms. The summed E-state index contributed by atoms with van der Waals surface area (Å²) in [6, 6.07) is 15.5. The Balaban J connectivity index is 1.42. The molecule has 0 bridgehead atoms. The van der Waals surface area contributed by atoms with Gasteiger partial charge in [0, 0.05) is 37.7 Å². The topological polar surface area (TPSA) is 131 Å². The molecule has 2 heterocycles. The Hall–Kier alpha value is -3.60. The van der Waals surface area contributed by atoms with E-state index in [9.17, 15) is 14.4 Å². The number of carbonyl (C=O) groups excluding carboxylic acids is 3. The zero-order chi connectivity index (χ0) is 30.9. The van der Waals surface area contributed by atoms with Crippen LogP contribution in [-0.2, 0) is 14.4 Å². The molecule has 4 atom stereocenters. The molecule has 1 saturated heterocycles. The largest absolute Gasteiger partial charge is 0.395 e. The van der Waals surface area contributed by atoms with E-state index in [1.54, 1.807) is 11.8 Å². The highest BCUT2D eigenvalue weighted by Gasteiger charge is 2.34. The second-order valence-corrected chi connectivity index (χ2v) is 12.0. The van der Waals surface area contributed by atoms with Gasteiger partial charge < -0.3 is 30.4 Å². The van der Waals surface area contributed by atoms with Crippen LogP contribution in [0.2, 0.25) is 0 Å². The fraction of sp³-hybridized carbons (Fsp3) is 0.515. The van der Waals surface area contributed by atoms with Crippen molar-refractivity contribution in [1.82, 2.24) is 30.4 Å². The van der Waals surface area contributed by atoms with Crippen LogP contribution in [0.1, 0.15) is 58.3 Å². The number of para-hydroxylation sites is 1. The number of nitrogens with one attached hydrogen (secondary N) is 3. The van der Waals surface area contributed by atoms with E-state index in [1.807, 2.05) is 32.0 Å². The molecule has 4 rings (SSSR count). The predicted molar refractivity (Wildman–Crippen MR) is 168 cm³/mol. The van der Waals surface area contributed by atoms with Crippen molar-refractivity contribution in [3.63, 3.8) is 0 Å². The highest BCUT2D eigenvalue weighted by molar-refractivity contribution is 5.92. The third-order valence-corrected chi connectivity index (χ3v) is 8.30. The number of fused-ring (bicyclic) bond motifs is 1. The van der Waals surface area contributed by atoms with Crippen molar-refractivity contribution in [3.8, 4) is 11.1 Å². The summed E-state index contributed by atoms with van der Waals surface area (Å²) in [6.07, 6.45) is 3.74. The van der Waals surface area contributed by atoms with E-state index in [0.717, 1.165) is 47.2 Å². The summed E-state index contributed by atoms with van der Waals surface area (Å²) in [4.78, 5) is 50.4. The molecule has 1 aliphatic rings. The van der Waals surface area contributed by atoms with Crippen LogP contribution >= 0.6 is 0 Å². The smallest absolute Gasteiger partial charge is 0.237 e. The summed E-state index contributed by atoms with van der Waals surface area (Å²) < 4.78 is 0. The number of aldehydes is 1. The molecule has 1 aliphatic heterocycles. The number of hydrogen-bond donors (Lipinski definition) is 4. The molecule has 0 saturated carbocycles. The molecule has 4 unspecified atom stereocenters. The predicted octanol–water partition coefficient (Wildman–Crippen LogP) is 3.28. The third-order valence-electron chi connectivity index (χ3n) is 8.30. The molecule has 3 aromatic rings. The quantitative estimate of drug-likeness (QED) is 0.200. The second-order valence-electron chi connectivity index (χ2n) is 12.0. The van der Waals surface area contributed by atoms with Crippen LogP contribution < -0.4 is 10.6 Å². The Kier molecular flexibility index (Phi) is 11.4. The van der Waals surface area contributed by atoms with Gasteiger partial charge in [0.05, 0.1) is 29.7 Å². The van der Waals surface area contributed by atoms with Gasteiger partial charge >= 0.3 is 0 Å². The van der Waals surface area contributed by atoms with Crippen LogP contribution in [0.4, 0.5) is 0 Å². The van der Waals surface area contributed by atoms with E-state index in [4.69, 9.17) is 10.1 Å². The summed E-state index contributed by atoms with van der Waals surface area (Å²) >= 11 is 0. The lowest BCUT2D eigenvalue weighted by Crippen LogP contribution is -2.52. The SMILES string of the molecule is CC(C)CC(=O)N(CCC1CCC(c2nc3c(-c4ccccc4)cccc3[nH]2)N1C)CC(C=O)NC(=O)C(C)NCCO. The maximum Gasteiger partial charge on any atom is 0.237 e. The standard InChI is InChI=1S/C33H46N6O4/c1-22(2)19-30(42)39(20-25(21-41)35-33(43)23(3)34-16-18-40)17-15-26-13-14-29(38(26)4)32-36-28-12-8-11-27(31(28)37-32)24-9-6-5-7-10-24/h5-12,21-23,25-26,29,34,40H,13-20H2,1-4H3,(H,35,43)(H,36,37). The van der Waals surface area contributed by atoms with Gasteiger partial charge in [-0.15, -0.1) is 0 Å². The maximum atomic E-state index is 13.2. The Morgan fingerprint density at radius 2 is 1.91 bits per heavy atom. The van der Waals surface area contributed by atoms with Crippen LogP contribution in [0, 0.1) is 5.92 Å². The lowest BCUT2D eigenvalue weighted by Gasteiger charge is -2.30. The van der Waals surface area contributed by atoms with Gasteiger partial charge in [0.2, 0.25) is 11.8 Å². The number of rotatable bonds is 15. The van der Waals surface area contributed by atoms with Crippen LogP contribution in [0.15, 0.2) is 48.5 Å². The molecule has 43 heavy (non-hydrogen) atoms. The lowest BCUT2D eigenvalue weighted by molar-refractivity contribution is -0.134. The number of aromatic nitrogens is 2. The third kappa shape index (κ3) is 8.28. The molecule has 2 amide bonds. The number of likely N-dealkylation sites (tertiary alicyclic amines) is 1. The normalized spacial score (nSPS) is 18.6. The fourth-order valence-corrected chi connectivity index (χ4v) is 5.89. The van der Waals surface area contributed by atoms with Gasteiger partial charge in [0.15, 0.2) is 0 Å². The number of benzene rings is 2. The number of carbonyl (C=O) groups is 3. The molecule has 0 radical (unpaired) electrons. The zero-order valence-corrected chi connectivity index (χ0v) is 25.8. The second kappa shape index (κ2) is 15.2.